The predicted molar refractivity (Wildman–Crippen MR) is 53.9 cm³/mol. The molecule has 0 spiro atoms. The molecule has 3 N–H and O–H groups in total. The summed E-state index contributed by atoms with van der Waals surface area (Å²) in [5.41, 5.74) is 5.36. The van der Waals surface area contributed by atoms with Crippen LogP contribution in [0.2, 0.25) is 0 Å². The monoisotopic (exact) mass is 201 g/mol. The number of piperidine rings is 1. The second kappa shape index (κ2) is 5.17. The van der Waals surface area contributed by atoms with Gasteiger partial charge >= 0.3 is 6.03 Å². The lowest BCUT2D eigenvalue weighted by Crippen LogP contribution is -2.48. The van der Waals surface area contributed by atoms with Crippen molar-refractivity contribution in [2.24, 2.45) is 5.73 Å². The lowest BCUT2D eigenvalue weighted by Gasteiger charge is -2.33. The molecule has 5 heteroatoms. The summed E-state index contributed by atoms with van der Waals surface area (Å²) in [6.07, 6.45) is 1.31. The van der Waals surface area contributed by atoms with Gasteiger partial charge in [0.15, 0.2) is 0 Å². The number of hydrogen-bond donors (Lipinski definition) is 2. The van der Waals surface area contributed by atoms with Gasteiger partial charge in [-0.15, -0.1) is 0 Å². The fraction of sp³-hybridized carbons (Fsp3) is 0.889. The maximum Gasteiger partial charge on any atom is 0.319 e. The van der Waals surface area contributed by atoms with E-state index in [1.54, 1.807) is 16.8 Å². The van der Waals surface area contributed by atoms with Crippen LogP contribution in [0.1, 0.15) is 12.8 Å². The van der Waals surface area contributed by atoms with E-state index in [4.69, 9.17) is 5.73 Å². The minimum absolute atomic E-state index is 0.0331. The third-order valence-corrected chi connectivity index (χ3v) is 2.46. The van der Waals surface area contributed by atoms with Crippen LogP contribution in [0.5, 0.6) is 0 Å². The molecule has 0 aromatic carbocycles. The van der Waals surface area contributed by atoms with Gasteiger partial charge in [-0.05, 0) is 12.8 Å². The standard InChI is InChI=1S/C9H19N3O2/c1-11(6-4-10)9(14)12-5-2-3-8(13)7-12/h8,13H,2-7,10H2,1H3. The summed E-state index contributed by atoms with van der Waals surface area (Å²) in [5.74, 6) is 0. The molecular weight excluding hydrogens is 182 g/mol. The lowest BCUT2D eigenvalue weighted by molar-refractivity contribution is 0.0741. The van der Waals surface area contributed by atoms with Gasteiger partial charge in [0.2, 0.25) is 0 Å². The highest BCUT2D eigenvalue weighted by Gasteiger charge is 2.23. The number of nitrogens with zero attached hydrogens (tertiary/aromatic N) is 2. The van der Waals surface area contributed by atoms with Gasteiger partial charge in [-0.2, -0.15) is 0 Å². The van der Waals surface area contributed by atoms with Crippen molar-refractivity contribution in [1.29, 1.82) is 0 Å². The summed E-state index contributed by atoms with van der Waals surface area (Å²) in [5, 5.41) is 9.40. The van der Waals surface area contributed by atoms with Crippen LogP contribution in [0.25, 0.3) is 0 Å². The fourth-order valence-corrected chi connectivity index (χ4v) is 1.66. The van der Waals surface area contributed by atoms with Gasteiger partial charge in [0, 0.05) is 33.2 Å². The number of hydrogen-bond acceptors (Lipinski definition) is 3. The van der Waals surface area contributed by atoms with Crippen molar-refractivity contribution in [2.75, 3.05) is 33.2 Å². The van der Waals surface area contributed by atoms with E-state index in [1.807, 2.05) is 0 Å². The number of urea groups is 1. The average Bonchev–Trinajstić information content (AvgIpc) is 2.17. The number of aliphatic hydroxyl groups is 1. The summed E-state index contributed by atoms with van der Waals surface area (Å²) < 4.78 is 0. The zero-order valence-corrected chi connectivity index (χ0v) is 8.65. The second-order valence-corrected chi connectivity index (χ2v) is 3.73. The van der Waals surface area contributed by atoms with Crippen molar-refractivity contribution in [3.8, 4) is 0 Å². The Hall–Kier alpha value is -0.810. The first kappa shape index (κ1) is 11.3. The molecule has 1 unspecified atom stereocenters. The number of rotatable bonds is 2. The second-order valence-electron chi connectivity index (χ2n) is 3.73. The van der Waals surface area contributed by atoms with Gasteiger partial charge in [-0.25, -0.2) is 4.79 Å². The molecule has 0 radical (unpaired) electrons. The van der Waals surface area contributed by atoms with Gasteiger partial charge in [-0.1, -0.05) is 0 Å². The van der Waals surface area contributed by atoms with Crippen molar-refractivity contribution in [2.45, 2.75) is 18.9 Å². The number of nitrogens with two attached hydrogens (primary N) is 1. The molecular formula is C9H19N3O2. The highest BCUT2D eigenvalue weighted by Crippen LogP contribution is 2.11. The van der Waals surface area contributed by atoms with Crippen LogP contribution in [0.15, 0.2) is 0 Å². The van der Waals surface area contributed by atoms with Crippen LogP contribution in [0.3, 0.4) is 0 Å². The molecule has 1 rings (SSSR count). The summed E-state index contributed by atoms with van der Waals surface area (Å²) in [6.45, 7) is 2.22. The Morgan fingerprint density at radius 2 is 2.43 bits per heavy atom. The molecule has 1 aliphatic heterocycles. The maximum absolute atomic E-state index is 11.7. The smallest absolute Gasteiger partial charge is 0.319 e. The van der Waals surface area contributed by atoms with E-state index in [1.165, 1.54) is 0 Å². The van der Waals surface area contributed by atoms with Crippen LogP contribution < -0.4 is 5.73 Å². The molecule has 1 saturated heterocycles. The Bertz CT molecular complexity index is 198. The fourth-order valence-electron chi connectivity index (χ4n) is 1.66. The molecule has 5 nitrogen and oxygen atoms in total. The Kier molecular flexibility index (Phi) is 4.16. The van der Waals surface area contributed by atoms with Crippen molar-refractivity contribution in [1.82, 2.24) is 9.80 Å². The first-order valence-electron chi connectivity index (χ1n) is 5.03. The normalized spacial score (nSPS) is 22.2. The summed E-state index contributed by atoms with van der Waals surface area (Å²) in [6, 6.07) is -0.0331. The Morgan fingerprint density at radius 3 is 3.00 bits per heavy atom. The third-order valence-electron chi connectivity index (χ3n) is 2.46. The molecule has 14 heavy (non-hydrogen) atoms. The minimum Gasteiger partial charge on any atom is -0.391 e. The topological polar surface area (TPSA) is 69.8 Å². The number of aliphatic hydroxyl groups excluding tert-OH is 1. The van der Waals surface area contributed by atoms with E-state index >= 15 is 0 Å². The first-order valence-corrected chi connectivity index (χ1v) is 5.03. The van der Waals surface area contributed by atoms with Gasteiger partial charge in [0.05, 0.1) is 6.10 Å². The molecule has 0 bridgehead atoms. The van der Waals surface area contributed by atoms with Crippen LogP contribution in [-0.2, 0) is 0 Å². The SMILES string of the molecule is CN(CCN)C(=O)N1CCCC(O)C1. The van der Waals surface area contributed by atoms with Gasteiger partial charge in [0.25, 0.3) is 0 Å². The average molecular weight is 201 g/mol. The summed E-state index contributed by atoms with van der Waals surface area (Å²) in [7, 11) is 1.73. The van der Waals surface area contributed by atoms with E-state index < -0.39 is 0 Å². The Balaban J connectivity index is 2.42. The van der Waals surface area contributed by atoms with Crippen molar-refractivity contribution < 1.29 is 9.90 Å². The number of β-amino-alcohol motifs (C(OH)–C–C–N with tert-alkyl or cyclic N) is 1. The largest absolute Gasteiger partial charge is 0.391 e. The summed E-state index contributed by atoms with van der Waals surface area (Å²) in [4.78, 5) is 15.0. The lowest BCUT2D eigenvalue weighted by atomic mass is 10.1. The molecule has 0 aromatic heterocycles. The van der Waals surface area contributed by atoms with Crippen LogP contribution in [0.4, 0.5) is 4.79 Å². The number of amides is 2. The highest BCUT2D eigenvalue weighted by molar-refractivity contribution is 5.74. The molecule has 0 saturated carbocycles. The highest BCUT2D eigenvalue weighted by atomic mass is 16.3. The number of likely N-dealkylation sites (tertiary alicyclic amines) is 1. The van der Waals surface area contributed by atoms with Crippen LogP contribution in [0, 0.1) is 0 Å². The third kappa shape index (κ3) is 2.85. The van der Waals surface area contributed by atoms with Crippen LogP contribution >= 0.6 is 0 Å². The van der Waals surface area contributed by atoms with E-state index in [0.29, 0.717) is 19.6 Å². The van der Waals surface area contributed by atoms with Crippen molar-refractivity contribution in [3.63, 3.8) is 0 Å². The van der Waals surface area contributed by atoms with E-state index in [9.17, 15) is 9.90 Å². The molecule has 0 aromatic rings. The molecule has 2 amide bonds. The van der Waals surface area contributed by atoms with E-state index in [2.05, 4.69) is 0 Å². The predicted octanol–water partition coefficient (Wildman–Crippen LogP) is -0.546. The summed E-state index contributed by atoms with van der Waals surface area (Å²) >= 11 is 0. The molecule has 1 fully saturated rings. The zero-order valence-electron chi connectivity index (χ0n) is 8.65. The molecule has 1 atom stereocenters. The van der Waals surface area contributed by atoms with E-state index in [-0.39, 0.29) is 12.1 Å². The Morgan fingerprint density at radius 1 is 1.71 bits per heavy atom. The molecule has 82 valence electrons. The quantitative estimate of drug-likeness (QED) is 0.630. The molecule has 1 heterocycles. The van der Waals surface area contributed by atoms with Gasteiger partial charge in [0.1, 0.15) is 0 Å². The van der Waals surface area contributed by atoms with Crippen molar-refractivity contribution in [3.05, 3.63) is 0 Å². The number of carbonyl (C=O) groups excluding carboxylic acids is 1. The maximum atomic E-state index is 11.7. The molecule has 0 aliphatic carbocycles. The van der Waals surface area contributed by atoms with Gasteiger partial charge < -0.3 is 20.6 Å². The number of carbonyl (C=O) groups is 1. The Labute approximate surface area is 84.5 Å². The molecule has 1 aliphatic rings. The number of likely N-dealkylation sites (N-methyl/N-ethyl adjacent to an activating group) is 1. The minimum atomic E-state index is -0.362. The zero-order chi connectivity index (χ0) is 10.6. The van der Waals surface area contributed by atoms with Crippen molar-refractivity contribution >= 4 is 6.03 Å². The van der Waals surface area contributed by atoms with Gasteiger partial charge in [-0.3, -0.25) is 0 Å². The van der Waals surface area contributed by atoms with Crippen LogP contribution in [-0.4, -0.2) is 60.3 Å². The van der Waals surface area contributed by atoms with E-state index in [0.717, 1.165) is 19.4 Å². The first-order chi connectivity index (χ1) is 6.65.